The molecule has 0 unspecified atom stereocenters. The summed E-state index contributed by atoms with van der Waals surface area (Å²) in [4.78, 5) is 8.60. The van der Waals surface area contributed by atoms with E-state index in [-0.39, 0.29) is 0 Å². The summed E-state index contributed by atoms with van der Waals surface area (Å²) in [6.07, 6.45) is 2.97. The van der Waals surface area contributed by atoms with Crippen LogP contribution in [-0.2, 0) is 6.42 Å². The third-order valence-corrected chi connectivity index (χ3v) is 2.01. The van der Waals surface area contributed by atoms with Gasteiger partial charge in [0, 0.05) is 0 Å². The SMILES string of the molecule is O[SiH2]C=CCc1ccccc1. The van der Waals surface area contributed by atoms with Gasteiger partial charge in [-0.3, -0.25) is 0 Å². The molecule has 58 valence electrons. The van der Waals surface area contributed by atoms with Crippen LogP contribution < -0.4 is 0 Å². The first-order chi connectivity index (χ1) is 5.43. The minimum absolute atomic E-state index is 0.882. The monoisotopic (exact) mass is 164 g/mol. The fourth-order valence-electron chi connectivity index (χ4n) is 0.908. The van der Waals surface area contributed by atoms with Crippen LogP contribution in [0.25, 0.3) is 0 Å². The third-order valence-electron chi connectivity index (χ3n) is 1.47. The van der Waals surface area contributed by atoms with Gasteiger partial charge in [-0.15, -0.1) is 0 Å². The van der Waals surface area contributed by atoms with Crippen molar-refractivity contribution in [2.45, 2.75) is 6.42 Å². The second-order valence-electron chi connectivity index (χ2n) is 2.34. The molecule has 0 atom stereocenters. The van der Waals surface area contributed by atoms with Crippen molar-refractivity contribution >= 4 is 9.76 Å². The Labute approximate surface area is 69.3 Å². The maximum absolute atomic E-state index is 8.60. The maximum Gasteiger partial charge on any atom is 0.180 e. The summed E-state index contributed by atoms with van der Waals surface area (Å²) in [6, 6.07) is 10.2. The van der Waals surface area contributed by atoms with Gasteiger partial charge in [0.15, 0.2) is 9.76 Å². The topological polar surface area (TPSA) is 20.2 Å². The first-order valence-electron chi connectivity index (χ1n) is 3.73. The van der Waals surface area contributed by atoms with Gasteiger partial charge in [0.05, 0.1) is 0 Å². The van der Waals surface area contributed by atoms with E-state index in [1.54, 1.807) is 0 Å². The second kappa shape index (κ2) is 4.88. The van der Waals surface area contributed by atoms with Crippen molar-refractivity contribution in [3.63, 3.8) is 0 Å². The molecule has 0 heterocycles. The largest absolute Gasteiger partial charge is 0.434 e. The molecule has 0 aliphatic carbocycles. The van der Waals surface area contributed by atoms with E-state index >= 15 is 0 Å². The van der Waals surface area contributed by atoms with Gasteiger partial charge < -0.3 is 4.80 Å². The summed E-state index contributed by atoms with van der Waals surface area (Å²) >= 11 is 0. The molecule has 0 radical (unpaired) electrons. The number of benzene rings is 1. The van der Waals surface area contributed by atoms with E-state index in [0.29, 0.717) is 0 Å². The smallest absolute Gasteiger partial charge is 0.180 e. The summed E-state index contributed by atoms with van der Waals surface area (Å²) in [5, 5.41) is 0. The minimum atomic E-state index is -0.882. The molecule has 0 spiro atoms. The standard InChI is InChI=1S/C9H12OSi/c10-11-8-4-7-9-5-2-1-3-6-9/h1-6,8,10H,7,11H2. The van der Waals surface area contributed by atoms with Crippen LogP contribution in [0.4, 0.5) is 0 Å². The van der Waals surface area contributed by atoms with Crippen LogP contribution in [-0.4, -0.2) is 14.6 Å². The van der Waals surface area contributed by atoms with Crippen molar-refractivity contribution in [3.8, 4) is 0 Å². The fourth-order valence-corrected chi connectivity index (χ4v) is 1.22. The van der Waals surface area contributed by atoms with E-state index in [1.807, 2.05) is 30.0 Å². The number of hydrogen-bond acceptors (Lipinski definition) is 1. The predicted molar refractivity (Wildman–Crippen MR) is 50.0 cm³/mol. The van der Waals surface area contributed by atoms with Crippen LogP contribution in [0, 0.1) is 0 Å². The van der Waals surface area contributed by atoms with Gasteiger partial charge >= 0.3 is 0 Å². The predicted octanol–water partition coefficient (Wildman–Crippen LogP) is 0.819. The highest BCUT2D eigenvalue weighted by molar-refractivity contribution is 6.32. The zero-order valence-electron chi connectivity index (χ0n) is 6.40. The Morgan fingerprint density at radius 2 is 2.00 bits per heavy atom. The van der Waals surface area contributed by atoms with E-state index < -0.39 is 9.76 Å². The van der Waals surface area contributed by atoms with Crippen molar-refractivity contribution in [1.29, 1.82) is 0 Å². The molecule has 0 bridgehead atoms. The van der Waals surface area contributed by atoms with Gasteiger partial charge in [-0.05, 0) is 12.0 Å². The van der Waals surface area contributed by atoms with Gasteiger partial charge in [-0.2, -0.15) is 0 Å². The molecule has 2 heteroatoms. The summed E-state index contributed by atoms with van der Waals surface area (Å²) in [6.45, 7) is 0. The average Bonchev–Trinajstić information content (AvgIpc) is 2.07. The Kier molecular flexibility index (Phi) is 3.65. The number of allylic oxidation sites excluding steroid dienone is 1. The molecule has 0 fully saturated rings. The Morgan fingerprint density at radius 3 is 2.64 bits per heavy atom. The molecule has 0 saturated heterocycles. The third kappa shape index (κ3) is 3.16. The van der Waals surface area contributed by atoms with Crippen molar-refractivity contribution in [2.24, 2.45) is 0 Å². The molecule has 0 aliphatic rings. The molecule has 1 aromatic carbocycles. The molecule has 0 amide bonds. The highest BCUT2D eigenvalue weighted by Crippen LogP contribution is 1.99. The normalized spacial score (nSPS) is 11.7. The molecule has 1 rings (SSSR count). The Bertz CT molecular complexity index is 218. The van der Waals surface area contributed by atoms with Crippen LogP contribution >= 0.6 is 0 Å². The second-order valence-corrected chi connectivity index (χ2v) is 3.18. The molecule has 1 N–H and O–H groups in total. The van der Waals surface area contributed by atoms with Crippen LogP contribution in [0.3, 0.4) is 0 Å². The van der Waals surface area contributed by atoms with Gasteiger partial charge in [-0.1, -0.05) is 42.1 Å². The van der Waals surface area contributed by atoms with Crippen molar-refractivity contribution < 1.29 is 4.80 Å². The lowest BCUT2D eigenvalue weighted by molar-refractivity contribution is 0.614. The average molecular weight is 164 g/mol. The lowest BCUT2D eigenvalue weighted by atomic mass is 10.2. The summed E-state index contributed by atoms with van der Waals surface area (Å²) < 4.78 is 0. The highest BCUT2D eigenvalue weighted by Gasteiger charge is 1.84. The maximum atomic E-state index is 8.60. The van der Waals surface area contributed by atoms with Gasteiger partial charge in [-0.25, -0.2) is 0 Å². The van der Waals surface area contributed by atoms with Gasteiger partial charge in [0.25, 0.3) is 0 Å². The first-order valence-corrected chi connectivity index (χ1v) is 5.18. The molecule has 1 aromatic rings. The zero-order chi connectivity index (χ0) is 7.94. The van der Waals surface area contributed by atoms with Crippen LogP contribution in [0.5, 0.6) is 0 Å². The quantitative estimate of drug-likeness (QED) is 0.656. The molecule has 1 nitrogen and oxygen atoms in total. The van der Waals surface area contributed by atoms with Crippen LogP contribution in [0.1, 0.15) is 5.56 Å². The minimum Gasteiger partial charge on any atom is -0.434 e. The van der Waals surface area contributed by atoms with Gasteiger partial charge in [0.1, 0.15) is 0 Å². The highest BCUT2D eigenvalue weighted by atomic mass is 28.2. The van der Waals surface area contributed by atoms with E-state index in [4.69, 9.17) is 4.80 Å². The number of hydrogen-bond donors (Lipinski definition) is 1. The Hall–Kier alpha value is -0.863. The van der Waals surface area contributed by atoms with Gasteiger partial charge in [0.2, 0.25) is 0 Å². The molecule has 0 saturated carbocycles. The van der Waals surface area contributed by atoms with E-state index in [9.17, 15) is 0 Å². The van der Waals surface area contributed by atoms with E-state index in [2.05, 4.69) is 12.1 Å². The number of rotatable bonds is 3. The molecular weight excluding hydrogens is 152 g/mol. The van der Waals surface area contributed by atoms with Crippen molar-refractivity contribution in [2.75, 3.05) is 0 Å². The Morgan fingerprint density at radius 1 is 1.27 bits per heavy atom. The molecule has 0 aliphatic heterocycles. The molecule has 11 heavy (non-hydrogen) atoms. The van der Waals surface area contributed by atoms with Crippen molar-refractivity contribution in [3.05, 3.63) is 47.7 Å². The van der Waals surface area contributed by atoms with Crippen LogP contribution in [0.15, 0.2) is 42.1 Å². The summed E-state index contributed by atoms with van der Waals surface area (Å²) in [5.74, 6) is 0. The first kappa shape index (κ1) is 8.24. The van der Waals surface area contributed by atoms with Crippen molar-refractivity contribution in [1.82, 2.24) is 0 Å². The zero-order valence-corrected chi connectivity index (χ0v) is 7.82. The van der Waals surface area contributed by atoms with Crippen LogP contribution in [0.2, 0.25) is 0 Å². The summed E-state index contributed by atoms with van der Waals surface area (Å²) in [7, 11) is -0.882. The van der Waals surface area contributed by atoms with E-state index in [1.165, 1.54) is 5.56 Å². The lowest BCUT2D eigenvalue weighted by Gasteiger charge is -1.92. The van der Waals surface area contributed by atoms with E-state index in [0.717, 1.165) is 6.42 Å². The molecule has 0 aromatic heterocycles. The lowest BCUT2D eigenvalue weighted by Crippen LogP contribution is -1.82. The Balaban J connectivity index is 2.45. The fraction of sp³-hybridized carbons (Fsp3) is 0.111. The summed E-state index contributed by atoms with van der Waals surface area (Å²) in [5.41, 5.74) is 3.19. The molecular formula is C9H12OSi.